The Morgan fingerprint density at radius 1 is 1.16 bits per heavy atom. The van der Waals surface area contributed by atoms with Crippen LogP contribution in [0.1, 0.15) is 35.2 Å². The third kappa shape index (κ3) is 4.32. The van der Waals surface area contributed by atoms with Crippen molar-refractivity contribution in [3.8, 4) is 5.69 Å². The van der Waals surface area contributed by atoms with Gasteiger partial charge in [0.1, 0.15) is 0 Å². The fraction of sp³-hybridized carbons (Fsp3) is 0.333. The molecule has 130 valence electrons. The zero-order valence-electron chi connectivity index (χ0n) is 14.6. The van der Waals surface area contributed by atoms with E-state index in [1.54, 1.807) is 6.92 Å². The van der Waals surface area contributed by atoms with E-state index in [1.807, 2.05) is 48.9 Å². The molecule has 25 heavy (non-hydrogen) atoms. The van der Waals surface area contributed by atoms with Crippen LogP contribution in [0.2, 0.25) is 0 Å². The van der Waals surface area contributed by atoms with Crippen LogP contribution in [-0.2, 0) is 17.8 Å². The molecule has 0 spiro atoms. The van der Waals surface area contributed by atoms with Crippen molar-refractivity contribution >= 4 is 5.91 Å². The molecule has 2 aromatic heterocycles. The van der Waals surface area contributed by atoms with E-state index >= 15 is 0 Å². The molecular formula is C18H21N5O2. The summed E-state index contributed by atoms with van der Waals surface area (Å²) in [6.07, 6.45) is 1.08. The topological polar surface area (TPSA) is 85.8 Å². The van der Waals surface area contributed by atoms with Gasteiger partial charge in [0.05, 0.1) is 17.9 Å². The van der Waals surface area contributed by atoms with Crippen LogP contribution in [-0.4, -0.2) is 25.9 Å². The lowest BCUT2D eigenvalue weighted by molar-refractivity contribution is -0.121. The molecule has 1 aromatic carbocycles. The fourth-order valence-corrected chi connectivity index (χ4v) is 2.62. The molecule has 0 saturated carbocycles. The molecule has 3 rings (SSSR count). The lowest BCUT2D eigenvalue weighted by atomic mass is 10.1. The molecule has 2 heterocycles. The molecule has 0 aliphatic rings. The highest BCUT2D eigenvalue weighted by Gasteiger charge is 2.07. The van der Waals surface area contributed by atoms with Gasteiger partial charge in [-0.1, -0.05) is 12.1 Å². The van der Waals surface area contributed by atoms with Gasteiger partial charge in [-0.25, -0.2) is 4.68 Å². The second-order valence-electron chi connectivity index (χ2n) is 6.00. The second kappa shape index (κ2) is 7.29. The highest BCUT2D eigenvalue weighted by Crippen LogP contribution is 2.14. The molecule has 0 bridgehead atoms. The highest BCUT2D eigenvalue weighted by atomic mass is 16.4. The molecule has 1 amide bonds. The first-order valence-corrected chi connectivity index (χ1v) is 8.19. The maximum absolute atomic E-state index is 11.9. The van der Waals surface area contributed by atoms with Crippen LogP contribution < -0.4 is 5.32 Å². The summed E-state index contributed by atoms with van der Waals surface area (Å²) in [5.74, 6) is 0.866. The number of aromatic nitrogens is 4. The summed E-state index contributed by atoms with van der Waals surface area (Å²) < 4.78 is 7.13. The Kier molecular flexibility index (Phi) is 4.92. The maximum atomic E-state index is 11.9. The minimum Gasteiger partial charge on any atom is -0.424 e. The third-order valence-electron chi connectivity index (χ3n) is 3.84. The summed E-state index contributed by atoms with van der Waals surface area (Å²) in [4.78, 5) is 11.9. The average molecular weight is 339 g/mol. The van der Waals surface area contributed by atoms with Crippen molar-refractivity contribution in [2.75, 3.05) is 0 Å². The van der Waals surface area contributed by atoms with Crippen LogP contribution in [0.25, 0.3) is 5.69 Å². The van der Waals surface area contributed by atoms with E-state index in [0.717, 1.165) is 22.6 Å². The van der Waals surface area contributed by atoms with Crippen molar-refractivity contribution < 1.29 is 9.21 Å². The number of nitrogens with one attached hydrogen (secondary N) is 1. The number of benzene rings is 1. The second-order valence-corrected chi connectivity index (χ2v) is 6.00. The van der Waals surface area contributed by atoms with Gasteiger partial charge in [-0.3, -0.25) is 4.79 Å². The van der Waals surface area contributed by atoms with Gasteiger partial charge in [0.15, 0.2) is 0 Å². The van der Waals surface area contributed by atoms with Crippen molar-refractivity contribution in [2.24, 2.45) is 0 Å². The summed E-state index contributed by atoms with van der Waals surface area (Å²) >= 11 is 0. The predicted molar refractivity (Wildman–Crippen MR) is 92.2 cm³/mol. The summed E-state index contributed by atoms with van der Waals surface area (Å²) in [7, 11) is 0. The summed E-state index contributed by atoms with van der Waals surface area (Å²) in [5, 5.41) is 14.8. The van der Waals surface area contributed by atoms with E-state index in [2.05, 4.69) is 20.6 Å². The largest absolute Gasteiger partial charge is 0.424 e. The summed E-state index contributed by atoms with van der Waals surface area (Å²) in [5.41, 5.74) is 4.22. The van der Waals surface area contributed by atoms with Crippen LogP contribution in [0.3, 0.4) is 0 Å². The summed E-state index contributed by atoms with van der Waals surface area (Å²) in [6, 6.07) is 10.1. The number of carbonyl (C=O) groups excluding carboxylic acids is 1. The van der Waals surface area contributed by atoms with E-state index in [9.17, 15) is 4.79 Å². The van der Waals surface area contributed by atoms with Gasteiger partial charge in [0, 0.05) is 19.0 Å². The number of rotatable bonds is 6. The molecular weight excluding hydrogens is 318 g/mol. The van der Waals surface area contributed by atoms with Crippen LogP contribution in [0, 0.1) is 20.8 Å². The van der Waals surface area contributed by atoms with Gasteiger partial charge >= 0.3 is 0 Å². The van der Waals surface area contributed by atoms with Gasteiger partial charge in [-0.2, -0.15) is 5.10 Å². The third-order valence-corrected chi connectivity index (χ3v) is 3.84. The molecule has 0 aliphatic carbocycles. The van der Waals surface area contributed by atoms with Crippen molar-refractivity contribution in [2.45, 2.75) is 40.2 Å². The highest BCUT2D eigenvalue weighted by molar-refractivity contribution is 5.76. The number of hydrogen-bond acceptors (Lipinski definition) is 5. The molecule has 3 aromatic rings. The van der Waals surface area contributed by atoms with Crippen molar-refractivity contribution in [3.63, 3.8) is 0 Å². The Morgan fingerprint density at radius 3 is 2.52 bits per heavy atom. The molecule has 0 fully saturated rings. The van der Waals surface area contributed by atoms with Crippen molar-refractivity contribution in [1.82, 2.24) is 25.3 Å². The molecule has 1 N–H and O–H groups in total. The lowest BCUT2D eigenvalue weighted by Crippen LogP contribution is -2.23. The Bertz CT molecular complexity index is 864. The average Bonchev–Trinajstić information content (AvgIpc) is 3.16. The molecule has 7 nitrogen and oxygen atoms in total. The SMILES string of the molecule is Cc1cc(C)n(-c2ccc(CCC(=O)NCc3nnc(C)o3)cc2)n1. The molecule has 7 heteroatoms. The lowest BCUT2D eigenvalue weighted by Gasteiger charge is -2.06. The molecule has 0 unspecified atom stereocenters. The van der Waals surface area contributed by atoms with Crippen LogP contribution >= 0.6 is 0 Å². The zero-order chi connectivity index (χ0) is 17.8. The Hall–Kier alpha value is -2.96. The number of aryl methyl sites for hydroxylation is 4. The van der Waals surface area contributed by atoms with Gasteiger partial charge in [0.2, 0.25) is 17.7 Å². The number of amides is 1. The first-order valence-electron chi connectivity index (χ1n) is 8.19. The van der Waals surface area contributed by atoms with Crippen molar-refractivity contribution in [3.05, 3.63) is 59.1 Å². The van der Waals surface area contributed by atoms with E-state index in [-0.39, 0.29) is 12.5 Å². The Labute approximate surface area is 146 Å². The Morgan fingerprint density at radius 2 is 1.92 bits per heavy atom. The van der Waals surface area contributed by atoms with Crippen LogP contribution in [0.15, 0.2) is 34.7 Å². The van der Waals surface area contributed by atoms with Crippen molar-refractivity contribution in [1.29, 1.82) is 0 Å². The van der Waals surface area contributed by atoms with Crippen LogP contribution in [0.4, 0.5) is 0 Å². The van der Waals surface area contributed by atoms with E-state index in [4.69, 9.17) is 4.42 Å². The van der Waals surface area contributed by atoms with E-state index in [1.165, 1.54) is 0 Å². The minimum atomic E-state index is -0.0431. The molecule has 0 saturated heterocycles. The summed E-state index contributed by atoms with van der Waals surface area (Å²) in [6.45, 7) is 5.99. The predicted octanol–water partition coefficient (Wildman–Crippen LogP) is 2.43. The fourth-order valence-electron chi connectivity index (χ4n) is 2.62. The Balaban J connectivity index is 1.51. The first-order chi connectivity index (χ1) is 12.0. The maximum Gasteiger partial charge on any atom is 0.235 e. The standard InChI is InChI=1S/C18H21N5O2/c1-12-10-13(2)23(22-12)16-7-4-15(5-8-16)6-9-17(24)19-11-18-21-20-14(3)25-18/h4-5,7-8,10H,6,9,11H2,1-3H3,(H,19,24). The molecule has 0 aliphatic heterocycles. The first kappa shape index (κ1) is 16.9. The molecule has 0 radical (unpaired) electrons. The smallest absolute Gasteiger partial charge is 0.235 e. The minimum absolute atomic E-state index is 0.0431. The van der Waals surface area contributed by atoms with Gasteiger partial charge in [0.25, 0.3) is 0 Å². The van der Waals surface area contributed by atoms with Crippen LogP contribution in [0.5, 0.6) is 0 Å². The quantitative estimate of drug-likeness (QED) is 0.745. The number of hydrogen-bond donors (Lipinski definition) is 1. The normalized spacial score (nSPS) is 10.8. The van der Waals surface area contributed by atoms with E-state index in [0.29, 0.717) is 24.6 Å². The van der Waals surface area contributed by atoms with Gasteiger partial charge < -0.3 is 9.73 Å². The molecule has 0 atom stereocenters. The van der Waals surface area contributed by atoms with Gasteiger partial charge in [-0.15, -0.1) is 10.2 Å². The monoisotopic (exact) mass is 339 g/mol. The number of carbonyl (C=O) groups is 1. The zero-order valence-corrected chi connectivity index (χ0v) is 14.6. The van der Waals surface area contributed by atoms with E-state index < -0.39 is 0 Å². The number of nitrogens with zero attached hydrogens (tertiary/aromatic N) is 4. The van der Waals surface area contributed by atoms with Gasteiger partial charge in [-0.05, 0) is 44.0 Å².